The van der Waals surface area contributed by atoms with Crippen LogP contribution >= 0.6 is 0 Å². The number of anilines is 1. The van der Waals surface area contributed by atoms with Gasteiger partial charge in [-0.05, 0) is 34.9 Å². The Balaban J connectivity index is 1.23. The average molecular weight is 574 g/mol. The number of amides is 1. The summed E-state index contributed by atoms with van der Waals surface area (Å²) in [4.78, 5) is 29.4. The van der Waals surface area contributed by atoms with Crippen LogP contribution in [0.3, 0.4) is 0 Å². The van der Waals surface area contributed by atoms with Crippen molar-refractivity contribution in [2.75, 3.05) is 11.9 Å². The normalized spacial score (nSPS) is 18.3. The Kier molecular flexibility index (Phi) is 8.24. The van der Waals surface area contributed by atoms with Gasteiger partial charge in [0.15, 0.2) is 0 Å². The fourth-order valence-electron chi connectivity index (χ4n) is 5.49. The molecule has 5 aromatic rings. The summed E-state index contributed by atoms with van der Waals surface area (Å²) in [5.74, 6) is -0.236. The number of nitrogens with one attached hydrogen (secondary N) is 1. The number of rotatable bonds is 9. The highest BCUT2D eigenvalue weighted by Crippen LogP contribution is 2.41. The molecule has 216 valence electrons. The fourth-order valence-corrected chi connectivity index (χ4v) is 5.49. The number of aliphatic hydroxyl groups excluding tert-OH is 1. The van der Waals surface area contributed by atoms with E-state index < -0.39 is 29.7 Å². The second-order valence-corrected chi connectivity index (χ2v) is 10.3. The zero-order valence-corrected chi connectivity index (χ0v) is 23.3. The predicted octanol–water partition coefficient (Wildman–Crippen LogP) is 5.15. The van der Waals surface area contributed by atoms with Gasteiger partial charge in [0.1, 0.15) is 23.8 Å². The summed E-state index contributed by atoms with van der Waals surface area (Å²) in [6, 6.07) is 40.1. The number of hydrogen-bond donors (Lipinski definition) is 2. The lowest BCUT2D eigenvalue weighted by molar-refractivity contribution is -0.0943. The van der Waals surface area contributed by atoms with Gasteiger partial charge in [-0.3, -0.25) is 9.36 Å². The number of carbonyl (C=O) groups is 1. The van der Waals surface area contributed by atoms with E-state index in [0.29, 0.717) is 5.56 Å². The van der Waals surface area contributed by atoms with E-state index in [1.54, 1.807) is 24.3 Å². The van der Waals surface area contributed by atoms with Crippen LogP contribution in [-0.4, -0.2) is 39.4 Å². The zero-order valence-electron chi connectivity index (χ0n) is 23.3. The first kappa shape index (κ1) is 28.2. The maximum Gasteiger partial charge on any atom is 0.351 e. The molecule has 2 heterocycles. The lowest BCUT2D eigenvalue weighted by Crippen LogP contribution is -2.38. The lowest BCUT2D eigenvalue weighted by atomic mass is 9.80. The lowest BCUT2D eigenvalue weighted by Gasteiger charge is -2.37. The van der Waals surface area contributed by atoms with Crippen molar-refractivity contribution in [1.29, 1.82) is 0 Å². The van der Waals surface area contributed by atoms with Gasteiger partial charge in [-0.1, -0.05) is 109 Å². The topological polar surface area (TPSA) is 103 Å². The van der Waals surface area contributed by atoms with E-state index in [1.165, 1.54) is 16.8 Å². The molecule has 2 N–H and O–H groups in total. The Morgan fingerprint density at radius 1 is 0.837 bits per heavy atom. The maximum absolute atomic E-state index is 12.9. The number of aliphatic hydroxyl groups is 1. The molecule has 4 aromatic carbocycles. The number of hydrogen-bond acceptors (Lipinski definition) is 6. The minimum atomic E-state index is -0.970. The van der Waals surface area contributed by atoms with Crippen LogP contribution in [0.4, 0.5) is 5.82 Å². The summed E-state index contributed by atoms with van der Waals surface area (Å²) in [5.41, 5.74) is 1.69. The molecule has 43 heavy (non-hydrogen) atoms. The minimum Gasteiger partial charge on any atom is -0.390 e. The van der Waals surface area contributed by atoms with Crippen LogP contribution in [0.15, 0.2) is 138 Å². The van der Waals surface area contributed by atoms with E-state index in [0.717, 1.165) is 16.7 Å². The van der Waals surface area contributed by atoms with E-state index in [1.807, 2.05) is 97.1 Å². The molecular weight excluding hydrogens is 542 g/mol. The van der Waals surface area contributed by atoms with Gasteiger partial charge < -0.3 is 19.9 Å². The molecule has 8 heteroatoms. The maximum atomic E-state index is 12.9. The SMILES string of the molecule is O=C(Nc1ccn([C@H]2C[C@H](O)[C@@H](COC(c3ccccc3)(c3ccccc3)c3ccccc3)O2)c(=O)n1)c1ccccc1. The Morgan fingerprint density at radius 2 is 1.35 bits per heavy atom. The van der Waals surface area contributed by atoms with Crippen LogP contribution < -0.4 is 11.0 Å². The fraction of sp³-hybridized carbons (Fsp3) is 0.171. The predicted molar refractivity (Wildman–Crippen MR) is 163 cm³/mol. The van der Waals surface area contributed by atoms with Gasteiger partial charge in [-0.15, -0.1) is 0 Å². The number of nitrogens with zero attached hydrogens (tertiary/aromatic N) is 2. The molecule has 6 rings (SSSR count). The quantitative estimate of drug-likeness (QED) is 0.237. The van der Waals surface area contributed by atoms with Gasteiger partial charge in [0.2, 0.25) is 0 Å². The van der Waals surface area contributed by atoms with Crippen molar-refractivity contribution in [3.8, 4) is 0 Å². The highest BCUT2D eigenvalue weighted by molar-refractivity contribution is 6.03. The largest absolute Gasteiger partial charge is 0.390 e. The van der Waals surface area contributed by atoms with Crippen LogP contribution in [0.2, 0.25) is 0 Å². The van der Waals surface area contributed by atoms with Crippen molar-refractivity contribution < 1.29 is 19.4 Å². The smallest absolute Gasteiger partial charge is 0.351 e. The summed E-state index contributed by atoms with van der Waals surface area (Å²) in [5, 5.41) is 13.7. The Bertz CT molecular complexity index is 1620. The summed E-state index contributed by atoms with van der Waals surface area (Å²) in [7, 11) is 0. The van der Waals surface area contributed by atoms with Crippen molar-refractivity contribution in [1.82, 2.24) is 9.55 Å². The molecule has 1 aromatic heterocycles. The third-order valence-corrected chi connectivity index (χ3v) is 7.63. The van der Waals surface area contributed by atoms with Crippen LogP contribution in [0.25, 0.3) is 0 Å². The molecule has 0 radical (unpaired) electrons. The van der Waals surface area contributed by atoms with Gasteiger partial charge >= 0.3 is 5.69 Å². The molecule has 1 amide bonds. The first-order chi connectivity index (χ1) is 21.0. The van der Waals surface area contributed by atoms with Gasteiger partial charge in [0.25, 0.3) is 5.91 Å². The van der Waals surface area contributed by atoms with E-state index in [4.69, 9.17) is 9.47 Å². The van der Waals surface area contributed by atoms with Crippen molar-refractivity contribution in [3.63, 3.8) is 0 Å². The summed E-state index contributed by atoms with van der Waals surface area (Å²) in [6.45, 7) is 0.0593. The number of carbonyl (C=O) groups excluding carboxylic acids is 1. The van der Waals surface area contributed by atoms with Crippen LogP contribution in [0.5, 0.6) is 0 Å². The van der Waals surface area contributed by atoms with Crippen molar-refractivity contribution in [2.24, 2.45) is 0 Å². The summed E-state index contributed by atoms with van der Waals surface area (Å²) >= 11 is 0. The third-order valence-electron chi connectivity index (χ3n) is 7.63. The van der Waals surface area contributed by atoms with Crippen LogP contribution in [-0.2, 0) is 15.1 Å². The Labute approximate surface area is 249 Å². The molecule has 1 fully saturated rings. The van der Waals surface area contributed by atoms with Crippen molar-refractivity contribution in [2.45, 2.75) is 30.5 Å². The third kappa shape index (κ3) is 5.89. The van der Waals surface area contributed by atoms with Crippen molar-refractivity contribution >= 4 is 11.7 Å². The summed E-state index contributed by atoms with van der Waals surface area (Å²) in [6.07, 6.45) is -0.639. The van der Waals surface area contributed by atoms with Crippen LogP contribution in [0.1, 0.15) is 39.7 Å². The highest BCUT2D eigenvalue weighted by Gasteiger charge is 2.41. The van der Waals surface area contributed by atoms with E-state index in [2.05, 4.69) is 10.3 Å². The zero-order chi connectivity index (χ0) is 29.6. The minimum absolute atomic E-state index is 0.0593. The first-order valence-corrected chi connectivity index (χ1v) is 14.1. The van der Waals surface area contributed by atoms with E-state index >= 15 is 0 Å². The molecular formula is C35H31N3O5. The van der Waals surface area contributed by atoms with Gasteiger partial charge in [0, 0.05) is 18.2 Å². The van der Waals surface area contributed by atoms with Gasteiger partial charge in [-0.25, -0.2) is 4.79 Å². The number of ether oxygens (including phenoxy) is 2. The molecule has 1 aliphatic rings. The molecule has 0 saturated carbocycles. The van der Waals surface area contributed by atoms with E-state index in [9.17, 15) is 14.7 Å². The van der Waals surface area contributed by atoms with Gasteiger partial charge in [0.05, 0.1) is 12.7 Å². The van der Waals surface area contributed by atoms with Crippen molar-refractivity contribution in [3.05, 3.63) is 166 Å². The molecule has 3 atom stereocenters. The Hall–Kier alpha value is -4.89. The monoisotopic (exact) mass is 573 g/mol. The molecule has 0 bridgehead atoms. The number of aromatic nitrogens is 2. The molecule has 0 spiro atoms. The summed E-state index contributed by atoms with van der Waals surface area (Å²) < 4.78 is 14.3. The first-order valence-electron chi connectivity index (χ1n) is 14.1. The molecule has 1 aliphatic heterocycles. The second kappa shape index (κ2) is 12.5. The number of benzene rings is 4. The highest BCUT2D eigenvalue weighted by atomic mass is 16.6. The molecule has 0 aliphatic carbocycles. The second-order valence-electron chi connectivity index (χ2n) is 10.3. The standard InChI is InChI=1S/C35H31N3O5/c39-29-23-32(38-22-21-31(37-34(38)41)36-33(40)25-13-5-1-6-14-25)43-30(29)24-42-35(26-15-7-2-8-16-26,27-17-9-3-10-18-27)28-19-11-4-12-20-28/h1-22,29-30,32,39H,23-24H2,(H,36,37,40,41)/t29-,30+,32+/m0/s1. The van der Waals surface area contributed by atoms with Crippen LogP contribution in [0, 0.1) is 0 Å². The average Bonchev–Trinajstić information content (AvgIpc) is 3.43. The molecule has 8 nitrogen and oxygen atoms in total. The molecule has 0 unspecified atom stereocenters. The Morgan fingerprint density at radius 3 is 1.86 bits per heavy atom. The van der Waals surface area contributed by atoms with E-state index in [-0.39, 0.29) is 24.8 Å². The molecule has 1 saturated heterocycles. The van der Waals surface area contributed by atoms with Gasteiger partial charge in [-0.2, -0.15) is 4.98 Å².